The van der Waals surface area contributed by atoms with E-state index in [4.69, 9.17) is 0 Å². The highest BCUT2D eigenvalue weighted by Gasteiger charge is 2.32. The molecule has 0 radical (unpaired) electrons. The van der Waals surface area contributed by atoms with E-state index in [2.05, 4.69) is 49.0 Å². The summed E-state index contributed by atoms with van der Waals surface area (Å²) in [5, 5.41) is 3.40. The molecular formula is C16H27N3. The van der Waals surface area contributed by atoms with Crippen LogP contribution in [0.4, 0.5) is 5.82 Å². The van der Waals surface area contributed by atoms with Crippen LogP contribution in [-0.2, 0) is 6.54 Å². The highest BCUT2D eigenvalue weighted by molar-refractivity contribution is 5.47. The molecule has 0 amide bonds. The van der Waals surface area contributed by atoms with E-state index in [1.807, 2.05) is 12.3 Å². The van der Waals surface area contributed by atoms with Crippen molar-refractivity contribution in [1.29, 1.82) is 0 Å². The highest BCUT2D eigenvalue weighted by atomic mass is 15.2. The largest absolute Gasteiger partial charge is 0.356 e. The molecule has 3 heteroatoms. The number of nitrogens with zero attached hydrogens (tertiary/aromatic N) is 2. The van der Waals surface area contributed by atoms with Crippen LogP contribution >= 0.6 is 0 Å². The molecule has 0 spiro atoms. The lowest BCUT2D eigenvalue weighted by molar-refractivity contribution is 0.263. The standard InChI is InChI=1S/C16H27N3/c1-5-17-11-13-7-6-9-18-15(13)19-10-8-14(12-19)16(2,3)4/h6-7,9,14,17H,5,8,10-12H2,1-4H3. The maximum absolute atomic E-state index is 4.62. The van der Waals surface area contributed by atoms with Crippen LogP contribution in [0, 0.1) is 11.3 Å². The van der Waals surface area contributed by atoms with Gasteiger partial charge in [-0.1, -0.05) is 33.8 Å². The zero-order valence-electron chi connectivity index (χ0n) is 12.7. The van der Waals surface area contributed by atoms with Gasteiger partial charge in [0.2, 0.25) is 0 Å². The first-order chi connectivity index (χ1) is 9.02. The van der Waals surface area contributed by atoms with Gasteiger partial charge in [0.05, 0.1) is 0 Å². The number of nitrogens with one attached hydrogen (secondary N) is 1. The number of anilines is 1. The molecule has 1 aromatic heterocycles. The van der Waals surface area contributed by atoms with Crippen LogP contribution < -0.4 is 10.2 Å². The molecule has 1 fully saturated rings. The van der Waals surface area contributed by atoms with Crippen LogP contribution in [0.3, 0.4) is 0 Å². The molecular weight excluding hydrogens is 234 g/mol. The molecule has 2 heterocycles. The Morgan fingerprint density at radius 1 is 1.42 bits per heavy atom. The first-order valence-electron chi connectivity index (χ1n) is 7.42. The van der Waals surface area contributed by atoms with Crippen molar-refractivity contribution < 1.29 is 0 Å². The third kappa shape index (κ3) is 3.47. The van der Waals surface area contributed by atoms with Crippen molar-refractivity contribution in [1.82, 2.24) is 10.3 Å². The SMILES string of the molecule is CCNCc1cccnc1N1CCC(C(C)(C)C)C1. The topological polar surface area (TPSA) is 28.2 Å². The summed E-state index contributed by atoms with van der Waals surface area (Å²) >= 11 is 0. The second-order valence-corrected chi connectivity index (χ2v) is 6.56. The molecule has 1 saturated heterocycles. The molecule has 106 valence electrons. The number of hydrogen-bond donors (Lipinski definition) is 1. The van der Waals surface area contributed by atoms with Crippen molar-refractivity contribution in [2.45, 2.75) is 40.7 Å². The Bertz CT molecular complexity index is 409. The van der Waals surface area contributed by atoms with Crippen LogP contribution in [0.25, 0.3) is 0 Å². The van der Waals surface area contributed by atoms with Crippen LogP contribution in [-0.4, -0.2) is 24.6 Å². The first-order valence-corrected chi connectivity index (χ1v) is 7.42. The monoisotopic (exact) mass is 261 g/mol. The molecule has 19 heavy (non-hydrogen) atoms. The minimum absolute atomic E-state index is 0.394. The number of pyridine rings is 1. The number of aromatic nitrogens is 1. The van der Waals surface area contributed by atoms with Crippen molar-refractivity contribution in [2.75, 3.05) is 24.5 Å². The Balaban J connectivity index is 2.10. The van der Waals surface area contributed by atoms with E-state index >= 15 is 0 Å². The molecule has 0 aromatic carbocycles. The van der Waals surface area contributed by atoms with Gasteiger partial charge in [0, 0.05) is 31.4 Å². The fourth-order valence-electron chi connectivity index (χ4n) is 2.77. The summed E-state index contributed by atoms with van der Waals surface area (Å²) in [6, 6.07) is 4.23. The highest BCUT2D eigenvalue weighted by Crippen LogP contribution is 2.35. The van der Waals surface area contributed by atoms with Crippen molar-refractivity contribution >= 4 is 5.82 Å². The average molecular weight is 261 g/mol. The quantitative estimate of drug-likeness (QED) is 0.903. The van der Waals surface area contributed by atoms with E-state index < -0.39 is 0 Å². The molecule has 3 nitrogen and oxygen atoms in total. The summed E-state index contributed by atoms with van der Waals surface area (Å²) in [6.07, 6.45) is 3.19. The lowest BCUT2D eigenvalue weighted by atomic mass is 9.80. The summed E-state index contributed by atoms with van der Waals surface area (Å²) in [6.45, 7) is 13.4. The summed E-state index contributed by atoms with van der Waals surface area (Å²) in [7, 11) is 0. The fraction of sp³-hybridized carbons (Fsp3) is 0.688. The molecule has 2 rings (SSSR count). The predicted molar refractivity (Wildman–Crippen MR) is 81.4 cm³/mol. The van der Waals surface area contributed by atoms with E-state index in [9.17, 15) is 0 Å². The first kappa shape index (κ1) is 14.3. The fourth-order valence-corrected chi connectivity index (χ4v) is 2.77. The number of rotatable bonds is 4. The molecule has 0 saturated carbocycles. The molecule has 1 aromatic rings. The minimum Gasteiger partial charge on any atom is -0.356 e. The molecule has 0 aliphatic carbocycles. The van der Waals surface area contributed by atoms with Crippen molar-refractivity contribution in [3.05, 3.63) is 23.9 Å². The third-order valence-corrected chi connectivity index (χ3v) is 4.15. The lowest BCUT2D eigenvalue weighted by Gasteiger charge is -2.27. The van der Waals surface area contributed by atoms with Crippen molar-refractivity contribution in [3.8, 4) is 0 Å². The van der Waals surface area contributed by atoms with Gasteiger partial charge in [0.25, 0.3) is 0 Å². The summed E-state index contributed by atoms with van der Waals surface area (Å²) in [5.74, 6) is 1.94. The summed E-state index contributed by atoms with van der Waals surface area (Å²) in [5.41, 5.74) is 1.71. The maximum atomic E-state index is 4.62. The van der Waals surface area contributed by atoms with Gasteiger partial charge in [0.15, 0.2) is 0 Å². The maximum Gasteiger partial charge on any atom is 0.133 e. The Morgan fingerprint density at radius 3 is 2.84 bits per heavy atom. The van der Waals surface area contributed by atoms with Gasteiger partial charge in [-0.25, -0.2) is 4.98 Å². The zero-order valence-corrected chi connectivity index (χ0v) is 12.7. The Labute approximate surface area is 117 Å². The van der Waals surface area contributed by atoms with Crippen LogP contribution in [0.5, 0.6) is 0 Å². The van der Waals surface area contributed by atoms with E-state index in [1.54, 1.807) is 0 Å². The lowest BCUT2D eigenvalue weighted by Crippen LogP contribution is -2.27. The molecule has 0 bridgehead atoms. The molecule has 1 aliphatic rings. The number of hydrogen-bond acceptors (Lipinski definition) is 3. The van der Waals surface area contributed by atoms with Gasteiger partial charge < -0.3 is 10.2 Å². The summed E-state index contributed by atoms with van der Waals surface area (Å²) < 4.78 is 0. The molecule has 1 unspecified atom stereocenters. The second-order valence-electron chi connectivity index (χ2n) is 6.56. The van der Waals surface area contributed by atoms with Gasteiger partial charge in [-0.2, -0.15) is 0 Å². The smallest absolute Gasteiger partial charge is 0.133 e. The van der Waals surface area contributed by atoms with Crippen molar-refractivity contribution in [3.63, 3.8) is 0 Å². The Morgan fingerprint density at radius 2 is 2.21 bits per heavy atom. The van der Waals surface area contributed by atoms with Gasteiger partial charge >= 0.3 is 0 Å². The van der Waals surface area contributed by atoms with Gasteiger partial charge in [-0.05, 0) is 30.4 Å². The Hall–Kier alpha value is -1.09. The van der Waals surface area contributed by atoms with Gasteiger partial charge in [0.1, 0.15) is 5.82 Å². The van der Waals surface area contributed by atoms with E-state index in [0.29, 0.717) is 5.41 Å². The average Bonchev–Trinajstić information content (AvgIpc) is 2.86. The zero-order chi connectivity index (χ0) is 13.9. The van der Waals surface area contributed by atoms with Crippen LogP contribution in [0.15, 0.2) is 18.3 Å². The normalized spacial score (nSPS) is 20.0. The van der Waals surface area contributed by atoms with E-state index in [-0.39, 0.29) is 0 Å². The molecule has 1 aliphatic heterocycles. The van der Waals surface area contributed by atoms with Gasteiger partial charge in [-0.3, -0.25) is 0 Å². The minimum atomic E-state index is 0.394. The van der Waals surface area contributed by atoms with Crippen molar-refractivity contribution in [2.24, 2.45) is 11.3 Å². The van der Waals surface area contributed by atoms with Gasteiger partial charge in [-0.15, -0.1) is 0 Å². The van der Waals surface area contributed by atoms with Crippen LogP contribution in [0.2, 0.25) is 0 Å². The second kappa shape index (κ2) is 5.91. The predicted octanol–water partition coefficient (Wildman–Crippen LogP) is 3.06. The third-order valence-electron chi connectivity index (χ3n) is 4.15. The van der Waals surface area contributed by atoms with E-state index in [0.717, 1.165) is 32.1 Å². The Kier molecular flexibility index (Phi) is 4.46. The summed E-state index contributed by atoms with van der Waals surface area (Å²) in [4.78, 5) is 7.08. The van der Waals surface area contributed by atoms with E-state index in [1.165, 1.54) is 17.8 Å². The van der Waals surface area contributed by atoms with Crippen LogP contribution in [0.1, 0.15) is 39.7 Å². The molecule has 1 N–H and O–H groups in total. The molecule has 1 atom stereocenters.